The highest BCUT2D eigenvalue weighted by Crippen LogP contribution is 2.25. The number of carboxylic acid groups (broad SMARTS) is 1. The van der Waals surface area contributed by atoms with E-state index < -0.39 is 12.1 Å². The first-order valence-electron chi connectivity index (χ1n) is 11.6. The molecule has 0 aliphatic carbocycles. The van der Waals surface area contributed by atoms with Crippen LogP contribution in [0.4, 0.5) is 10.4 Å². The molecule has 0 saturated heterocycles. The van der Waals surface area contributed by atoms with E-state index in [4.69, 9.17) is 30.6 Å². The third kappa shape index (κ3) is 6.88. The van der Waals surface area contributed by atoms with Gasteiger partial charge in [0, 0.05) is 18.1 Å². The molecule has 7 nitrogen and oxygen atoms in total. The fourth-order valence-electron chi connectivity index (χ4n) is 3.60. The van der Waals surface area contributed by atoms with Crippen LogP contribution < -0.4 is 14.4 Å². The van der Waals surface area contributed by atoms with Gasteiger partial charge >= 0.3 is 5.97 Å². The Labute approximate surface area is 213 Å². The van der Waals surface area contributed by atoms with Crippen LogP contribution in [0.2, 0.25) is 5.02 Å². The molecule has 9 heteroatoms. The van der Waals surface area contributed by atoms with E-state index in [-0.39, 0.29) is 5.82 Å². The predicted molar refractivity (Wildman–Crippen MR) is 136 cm³/mol. The number of nitrogens with zero attached hydrogens (tertiary/aromatic N) is 2. The topological polar surface area (TPSA) is 85.0 Å². The van der Waals surface area contributed by atoms with Crippen LogP contribution in [0.15, 0.2) is 71.1 Å². The van der Waals surface area contributed by atoms with Gasteiger partial charge in [-0.3, -0.25) is 0 Å². The molecule has 0 spiro atoms. The third-order valence-electron chi connectivity index (χ3n) is 5.49. The molecule has 1 unspecified atom stereocenters. The molecule has 0 saturated carbocycles. The van der Waals surface area contributed by atoms with Crippen molar-refractivity contribution >= 4 is 34.7 Å². The molecule has 1 aromatic heterocycles. The van der Waals surface area contributed by atoms with E-state index in [1.165, 1.54) is 19.1 Å². The second-order valence-corrected chi connectivity index (χ2v) is 8.68. The number of aromatic nitrogens is 1. The Kier molecular flexibility index (Phi) is 8.28. The summed E-state index contributed by atoms with van der Waals surface area (Å²) in [4.78, 5) is 17.7. The van der Waals surface area contributed by atoms with Gasteiger partial charge in [0.15, 0.2) is 11.7 Å². The fraction of sp³-hybridized carbons (Fsp3) is 0.259. The molecule has 36 heavy (non-hydrogen) atoms. The van der Waals surface area contributed by atoms with Crippen LogP contribution in [-0.2, 0) is 11.2 Å². The van der Waals surface area contributed by atoms with Crippen molar-refractivity contribution in [3.05, 3.63) is 83.1 Å². The van der Waals surface area contributed by atoms with Gasteiger partial charge < -0.3 is 23.9 Å². The van der Waals surface area contributed by atoms with Crippen molar-refractivity contribution in [3.8, 4) is 11.5 Å². The Morgan fingerprint density at radius 3 is 2.69 bits per heavy atom. The minimum Gasteiger partial charge on any atom is -0.494 e. The number of benzene rings is 3. The molecule has 0 bridgehead atoms. The van der Waals surface area contributed by atoms with Gasteiger partial charge in [-0.25, -0.2) is 9.18 Å². The molecular formula is C27H26ClFN2O5. The summed E-state index contributed by atoms with van der Waals surface area (Å²) >= 11 is 6.11. The minimum atomic E-state index is -1.02. The minimum absolute atomic E-state index is 0.309. The summed E-state index contributed by atoms with van der Waals surface area (Å²) in [5.74, 6) is -0.230. The highest BCUT2D eigenvalue weighted by molar-refractivity contribution is 6.31. The average Bonchev–Trinajstić information content (AvgIpc) is 3.27. The highest BCUT2D eigenvalue weighted by atomic mass is 35.5. The van der Waals surface area contributed by atoms with Crippen molar-refractivity contribution in [1.29, 1.82) is 0 Å². The maximum absolute atomic E-state index is 13.1. The summed E-state index contributed by atoms with van der Waals surface area (Å²) in [6.07, 6.45) is 0.386. The average molecular weight is 513 g/mol. The van der Waals surface area contributed by atoms with Crippen LogP contribution in [0.25, 0.3) is 11.1 Å². The molecule has 0 amide bonds. The van der Waals surface area contributed by atoms with Gasteiger partial charge in [0.25, 0.3) is 6.01 Å². The van der Waals surface area contributed by atoms with Crippen LogP contribution in [0.5, 0.6) is 11.5 Å². The Morgan fingerprint density at radius 2 is 1.92 bits per heavy atom. The molecule has 0 fully saturated rings. The van der Waals surface area contributed by atoms with Crippen molar-refractivity contribution < 1.29 is 28.2 Å². The summed E-state index contributed by atoms with van der Waals surface area (Å²) in [5.41, 5.74) is 2.29. The molecular weight excluding hydrogens is 487 g/mol. The van der Waals surface area contributed by atoms with Gasteiger partial charge in [-0.05, 0) is 79.9 Å². The molecule has 1 N–H and O–H groups in total. The first-order chi connectivity index (χ1) is 17.4. The Balaban J connectivity index is 1.43. The van der Waals surface area contributed by atoms with Crippen LogP contribution >= 0.6 is 11.6 Å². The van der Waals surface area contributed by atoms with Crippen LogP contribution in [-0.4, -0.2) is 41.9 Å². The third-order valence-corrected chi connectivity index (χ3v) is 5.73. The number of ether oxygens (including phenoxy) is 2. The van der Waals surface area contributed by atoms with E-state index in [1.807, 2.05) is 23.1 Å². The summed E-state index contributed by atoms with van der Waals surface area (Å²) in [5, 5.41) is 9.67. The lowest BCUT2D eigenvalue weighted by atomic mass is 10.1. The van der Waals surface area contributed by atoms with Crippen molar-refractivity contribution in [2.24, 2.45) is 0 Å². The summed E-state index contributed by atoms with van der Waals surface area (Å²) in [6.45, 7) is 3.12. The monoisotopic (exact) mass is 512 g/mol. The zero-order valence-electron chi connectivity index (χ0n) is 19.7. The predicted octanol–water partition coefficient (Wildman–Crippen LogP) is 5.99. The lowest BCUT2D eigenvalue weighted by Gasteiger charge is -2.21. The second-order valence-electron chi connectivity index (χ2n) is 8.25. The van der Waals surface area contributed by atoms with E-state index in [9.17, 15) is 9.18 Å². The molecule has 3 aromatic carbocycles. The number of carbonyl (C=O) groups is 1. The van der Waals surface area contributed by atoms with E-state index in [0.29, 0.717) is 66.2 Å². The SMILES string of the molecule is CC(Oc1cccc(CCN(CCCOc2ccc(F)cc2)c2nc3cc(Cl)ccc3o2)c1)C(=O)O. The standard InChI is InChI=1S/C27H26ClFN2O5/c1-18(26(32)33)35-23-5-2-4-19(16-23)12-14-31(13-3-15-34-22-9-7-21(29)8-10-22)27-30-24-17-20(28)6-11-25(24)36-27/h2,4-11,16-18H,3,12-15H2,1H3,(H,32,33). The molecule has 188 valence electrons. The van der Waals surface area contributed by atoms with Crippen molar-refractivity contribution in [1.82, 2.24) is 4.98 Å². The summed E-state index contributed by atoms with van der Waals surface area (Å²) < 4.78 is 30.3. The number of anilines is 1. The number of fused-ring (bicyclic) bond motifs is 1. The smallest absolute Gasteiger partial charge is 0.344 e. The first-order valence-corrected chi connectivity index (χ1v) is 11.9. The van der Waals surface area contributed by atoms with E-state index in [1.54, 1.807) is 36.4 Å². The molecule has 0 aliphatic heterocycles. The largest absolute Gasteiger partial charge is 0.494 e. The normalized spacial score (nSPS) is 11.9. The maximum Gasteiger partial charge on any atom is 0.344 e. The number of hydrogen-bond donors (Lipinski definition) is 1. The molecule has 4 aromatic rings. The molecule has 1 atom stereocenters. The molecule has 4 rings (SSSR count). The Hall–Kier alpha value is -3.78. The van der Waals surface area contributed by atoms with Crippen molar-refractivity contribution in [3.63, 3.8) is 0 Å². The zero-order valence-corrected chi connectivity index (χ0v) is 20.5. The number of halogens is 2. The van der Waals surface area contributed by atoms with Gasteiger partial charge in [0.2, 0.25) is 0 Å². The van der Waals surface area contributed by atoms with E-state index in [2.05, 4.69) is 4.98 Å². The molecule has 0 aliphatic rings. The van der Waals surface area contributed by atoms with Gasteiger partial charge in [0.1, 0.15) is 22.8 Å². The first kappa shape index (κ1) is 25.3. The number of oxazole rings is 1. The number of hydrogen-bond acceptors (Lipinski definition) is 6. The summed E-state index contributed by atoms with van der Waals surface area (Å²) in [6, 6.07) is 19.0. The van der Waals surface area contributed by atoms with Crippen molar-refractivity contribution in [2.75, 3.05) is 24.6 Å². The van der Waals surface area contributed by atoms with Crippen molar-refractivity contribution in [2.45, 2.75) is 25.9 Å². The fourth-order valence-corrected chi connectivity index (χ4v) is 3.76. The Bertz CT molecular complexity index is 1310. The zero-order chi connectivity index (χ0) is 25.5. The lowest BCUT2D eigenvalue weighted by molar-refractivity contribution is -0.144. The molecule has 1 heterocycles. The second kappa shape index (κ2) is 11.8. The maximum atomic E-state index is 13.1. The number of aliphatic carboxylic acids is 1. The molecule has 0 radical (unpaired) electrons. The Morgan fingerprint density at radius 1 is 1.11 bits per heavy atom. The van der Waals surface area contributed by atoms with E-state index in [0.717, 1.165) is 5.56 Å². The van der Waals surface area contributed by atoms with Crippen LogP contribution in [0.3, 0.4) is 0 Å². The van der Waals surface area contributed by atoms with Crippen LogP contribution in [0, 0.1) is 5.82 Å². The lowest BCUT2D eigenvalue weighted by Crippen LogP contribution is -2.28. The quantitative estimate of drug-likeness (QED) is 0.233. The van der Waals surface area contributed by atoms with Gasteiger partial charge in [-0.15, -0.1) is 0 Å². The number of carboxylic acids is 1. The van der Waals surface area contributed by atoms with Gasteiger partial charge in [-0.2, -0.15) is 4.98 Å². The van der Waals surface area contributed by atoms with E-state index >= 15 is 0 Å². The summed E-state index contributed by atoms with van der Waals surface area (Å²) in [7, 11) is 0. The number of rotatable bonds is 12. The highest BCUT2D eigenvalue weighted by Gasteiger charge is 2.16. The van der Waals surface area contributed by atoms with Gasteiger partial charge in [0.05, 0.1) is 6.61 Å². The van der Waals surface area contributed by atoms with Crippen LogP contribution in [0.1, 0.15) is 18.9 Å². The van der Waals surface area contributed by atoms with Gasteiger partial charge in [-0.1, -0.05) is 23.7 Å².